The van der Waals surface area contributed by atoms with Crippen LogP contribution in [0.25, 0.3) is 11.3 Å². The van der Waals surface area contributed by atoms with E-state index in [0.717, 1.165) is 29.8 Å². The smallest absolute Gasteiger partial charge is 0.387 e. The van der Waals surface area contributed by atoms with E-state index in [1.807, 2.05) is 10.7 Å². The van der Waals surface area contributed by atoms with E-state index in [4.69, 9.17) is 4.74 Å². The Hall–Kier alpha value is -2.11. The molecule has 6 heteroatoms. The normalized spacial score (nSPS) is 14.1. The number of halogens is 2. The lowest BCUT2D eigenvalue weighted by Crippen LogP contribution is -2.13. The van der Waals surface area contributed by atoms with E-state index in [1.165, 1.54) is 6.07 Å². The van der Waals surface area contributed by atoms with Crippen LogP contribution in [0.5, 0.6) is 11.5 Å². The number of aromatic nitrogens is 2. The SMILES string of the molecule is CC(C)n1nc(-c2cccc(OC(F)F)c2)c2c1CCCO2. The minimum atomic E-state index is -2.84. The maximum atomic E-state index is 12.4. The van der Waals surface area contributed by atoms with Gasteiger partial charge in [0.2, 0.25) is 0 Å². The predicted molar refractivity (Wildman–Crippen MR) is 78.5 cm³/mol. The summed E-state index contributed by atoms with van der Waals surface area (Å²) >= 11 is 0. The van der Waals surface area contributed by atoms with Gasteiger partial charge in [-0.25, -0.2) is 0 Å². The minimum Gasteiger partial charge on any atom is -0.489 e. The molecule has 1 aromatic carbocycles. The van der Waals surface area contributed by atoms with Crippen molar-refractivity contribution < 1.29 is 18.3 Å². The predicted octanol–water partition coefficient (Wildman–Crippen LogP) is 4.06. The van der Waals surface area contributed by atoms with E-state index >= 15 is 0 Å². The van der Waals surface area contributed by atoms with Gasteiger partial charge in [0.15, 0.2) is 5.75 Å². The molecule has 118 valence electrons. The first kappa shape index (κ1) is 14.8. The molecule has 3 rings (SSSR count). The molecule has 0 radical (unpaired) electrons. The van der Waals surface area contributed by atoms with Crippen molar-refractivity contribution in [3.63, 3.8) is 0 Å². The van der Waals surface area contributed by atoms with Gasteiger partial charge in [0, 0.05) is 11.6 Å². The van der Waals surface area contributed by atoms with Gasteiger partial charge in [0.1, 0.15) is 11.4 Å². The van der Waals surface area contributed by atoms with Gasteiger partial charge in [0.05, 0.1) is 12.3 Å². The van der Waals surface area contributed by atoms with Crippen LogP contribution in [-0.4, -0.2) is 23.0 Å². The van der Waals surface area contributed by atoms with Crippen LogP contribution >= 0.6 is 0 Å². The molecule has 4 nitrogen and oxygen atoms in total. The molecule has 2 aromatic rings. The maximum absolute atomic E-state index is 12.4. The molecule has 0 bridgehead atoms. The number of hydrogen-bond acceptors (Lipinski definition) is 3. The van der Waals surface area contributed by atoms with Crippen molar-refractivity contribution in [2.75, 3.05) is 6.61 Å². The highest BCUT2D eigenvalue weighted by Gasteiger charge is 2.24. The molecule has 0 N–H and O–H groups in total. The number of alkyl halides is 2. The van der Waals surface area contributed by atoms with Crippen LogP contribution in [0, 0.1) is 0 Å². The molecule has 0 amide bonds. The van der Waals surface area contributed by atoms with E-state index in [2.05, 4.69) is 23.7 Å². The molecule has 1 aliphatic rings. The average Bonchev–Trinajstić information content (AvgIpc) is 2.86. The molecule has 2 heterocycles. The van der Waals surface area contributed by atoms with Gasteiger partial charge in [-0.2, -0.15) is 13.9 Å². The second kappa shape index (κ2) is 5.94. The fourth-order valence-corrected chi connectivity index (χ4v) is 2.68. The first-order valence-electron chi connectivity index (χ1n) is 7.35. The standard InChI is InChI=1S/C16H18F2N2O2/c1-10(2)20-13-7-4-8-21-15(13)14(19-20)11-5-3-6-12(9-11)22-16(17)18/h3,5-6,9-10,16H,4,7-8H2,1-2H3. The maximum Gasteiger partial charge on any atom is 0.387 e. The van der Waals surface area contributed by atoms with Gasteiger partial charge in [-0.05, 0) is 38.8 Å². The Morgan fingerprint density at radius 1 is 1.32 bits per heavy atom. The lowest BCUT2D eigenvalue weighted by Gasteiger charge is -2.17. The fraction of sp³-hybridized carbons (Fsp3) is 0.438. The molecule has 1 aliphatic heterocycles. The Labute approximate surface area is 127 Å². The van der Waals surface area contributed by atoms with E-state index in [1.54, 1.807) is 12.1 Å². The molecule has 0 saturated carbocycles. The van der Waals surface area contributed by atoms with Crippen molar-refractivity contribution >= 4 is 0 Å². The van der Waals surface area contributed by atoms with Crippen molar-refractivity contribution in [3.05, 3.63) is 30.0 Å². The summed E-state index contributed by atoms with van der Waals surface area (Å²) in [6, 6.07) is 6.78. The number of fused-ring (bicyclic) bond motifs is 1. The summed E-state index contributed by atoms with van der Waals surface area (Å²) in [6.07, 6.45) is 1.87. The van der Waals surface area contributed by atoms with Crippen molar-refractivity contribution in [1.29, 1.82) is 0 Å². The van der Waals surface area contributed by atoms with Gasteiger partial charge >= 0.3 is 6.61 Å². The summed E-state index contributed by atoms with van der Waals surface area (Å²) in [7, 11) is 0. The van der Waals surface area contributed by atoms with Crippen molar-refractivity contribution in [3.8, 4) is 22.8 Å². The van der Waals surface area contributed by atoms with Crippen LogP contribution in [0.2, 0.25) is 0 Å². The van der Waals surface area contributed by atoms with Crippen LogP contribution in [0.15, 0.2) is 24.3 Å². The second-order valence-corrected chi connectivity index (χ2v) is 5.52. The van der Waals surface area contributed by atoms with Gasteiger partial charge in [-0.3, -0.25) is 4.68 Å². The zero-order chi connectivity index (χ0) is 15.7. The lowest BCUT2D eigenvalue weighted by atomic mass is 10.1. The Morgan fingerprint density at radius 2 is 2.14 bits per heavy atom. The molecule has 1 aromatic heterocycles. The largest absolute Gasteiger partial charge is 0.489 e. The number of hydrogen-bond donors (Lipinski definition) is 0. The van der Waals surface area contributed by atoms with Gasteiger partial charge in [-0.1, -0.05) is 12.1 Å². The molecular weight excluding hydrogens is 290 g/mol. The monoisotopic (exact) mass is 308 g/mol. The highest BCUT2D eigenvalue weighted by Crippen LogP contribution is 2.38. The van der Waals surface area contributed by atoms with Gasteiger partial charge in [0.25, 0.3) is 0 Å². The third kappa shape index (κ3) is 2.77. The molecule has 0 spiro atoms. The summed E-state index contributed by atoms with van der Waals surface area (Å²) in [6.45, 7) is 1.93. The Morgan fingerprint density at radius 3 is 2.86 bits per heavy atom. The Bertz CT molecular complexity index is 668. The summed E-state index contributed by atoms with van der Waals surface area (Å²) in [5.74, 6) is 0.880. The third-order valence-corrected chi connectivity index (χ3v) is 3.59. The fourth-order valence-electron chi connectivity index (χ4n) is 2.68. The number of nitrogens with zero attached hydrogens (tertiary/aromatic N) is 2. The molecule has 0 unspecified atom stereocenters. The topological polar surface area (TPSA) is 36.3 Å². The molecule has 22 heavy (non-hydrogen) atoms. The third-order valence-electron chi connectivity index (χ3n) is 3.59. The van der Waals surface area contributed by atoms with E-state index < -0.39 is 6.61 Å². The summed E-state index contributed by atoms with van der Waals surface area (Å²) in [5, 5.41) is 4.63. The zero-order valence-corrected chi connectivity index (χ0v) is 12.6. The minimum absolute atomic E-state index is 0.121. The quantitative estimate of drug-likeness (QED) is 0.854. The van der Waals surface area contributed by atoms with Crippen LogP contribution in [0.1, 0.15) is 32.0 Å². The molecule has 0 atom stereocenters. The Balaban J connectivity index is 2.04. The summed E-state index contributed by atoms with van der Waals surface area (Å²) in [4.78, 5) is 0. The lowest BCUT2D eigenvalue weighted by molar-refractivity contribution is -0.0498. The zero-order valence-electron chi connectivity index (χ0n) is 12.6. The van der Waals surface area contributed by atoms with Gasteiger partial charge in [-0.15, -0.1) is 0 Å². The average molecular weight is 308 g/mol. The van der Waals surface area contributed by atoms with Crippen LogP contribution in [0.3, 0.4) is 0 Å². The first-order chi connectivity index (χ1) is 10.6. The van der Waals surface area contributed by atoms with Crippen LogP contribution < -0.4 is 9.47 Å². The molecule has 0 fully saturated rings. The molecule has 0 saturated heterocycles. The highest BCUT2D eigenvalue weighted by atomic mass is 19.3. The molecular formula is C16H18F2N2O2. The Kier molecular flexibility index (Phi) is 4.00. The number of benzene rings is 1. The van der Waals surface area contributed by atoms with Crippen molar-refractivity contribution in [2.45, 2.75) is 39.3 Å². The number of ether oxygens (including phenoxy) is 2. The summed E-state index contributed by atoms with van der Waals surface area (Å²) < 4.78 is 36.9. The van der Waals surface area contributed by atoms with Crippen LogP contribution in [-0.2, 0) is 6.42 Å². The first-order valence-corrected chi connectivity index (χ1v) is 7.35. The number of rotatable bonds is 4. The van der Waals surface area contributed by atoms with E-state index in [0.29, 0.717) is 12.3 Å². The second-order valence-electron chi connectivity index (χ2n) is 5.52. The van der Waals surface area contributed by atoms with E-state index in [-0.39, 0.29) is 11.8 Å². The van der Waals surface area contributed by atoms with Crippen molar-refractivity contribution in [1.82, 2.24) is 9.78 Å². The van der Waals surface area contributed by atoms with E-state index in [9.17, 15) is 8.78 Å². The van der Waals surface area contributed by atoms with Gasteiger partial charge < -0.3 is 9.47 Å². The summed E-state index contributed by atoms with van der Waals surface area (Å²) in [5.41, 5.74) is 2.47. The van der Waals surface area contributed by atoms with Crippen LogP contribution in [0.4, 0.5) is 8.78 Å². The molecule has 0 aliphatic carbocycles. The van der Waals surface area contributed by atoms with Crippen molar-refractivity contribution in [2.24, 2.45) is 0 Å². The highest BCUT2D eigenvalue weighted by molar-refractivity contribution is 5.69.